The lowest BCUT2D eigenvalue weighted by atomic mass is 9.84. The Balaban J connectivity index is 1.03. The van der Waals surface area contributed by atoms with E-state index in [9.17, 15) is 120 Å². The van der Waals surface area contributed by atoms with Gasteiger partial charge in [-0.15, -0.1) is 0 Å². The molecule has 0 spiro atoms. The molecule has 0 aromatic heterocycles. The normalized spacial score (nSPS) is 34.9. The first-order valence-electron chi connectivity index (χ1n) is 38.0. The highest BCUT2D eigenvalue weighted by Gasteiger charge is 2.53. The highest BCUT2D eigenvalue weighted by Crippen LogP contribution is 2.33. The van der Waals surface area contributed by atoms with Crippen molar-refractivity contribution >= 4 is 47.0 Å². The van der Waals surface area contributed by atoms with Crippen molar-refractivity contribution in [2.75, 3.05) is 105 Å². The maximum absolute atomic E-state index is 13.9. The molecule has 111 heavy (non-hydrogen) atoms. The largest absolute Gasteiger partial charge is 0.394 e. The van der Waals surface area contributed by atoms with E-state index in [1.165, 1.54) is 30.6 Å². The monoisotopic (exact) mass is 1600 g/mol. The highest BCUT2D eigenvalue weighted by molar-refractivity contribution is 5.88. The summed E-state index contributed by atoms with van der Waals surface area (Å²) in [5.74, 6) is -5.23. The second kappa shape index (κ2) is 47.9. The van der Waals surface area contributed by atoms with Crippen molar-refractivity contribution in [3.63, 3.8) is 0 Å². The van der Waals surface area contributed by atoms with Gasteiger partial charge in [0.15, 0.2) is 37.2 Å². The zero-order valence-corrected chi connectivity index (χ0v) is 62.9. The summed E-state index contributed by atoms with van der Waals surface area (Å²) in [6.45, 7) is -0.181. The molecule has 6 rings (SSSR count). The summed E-state index contributed by atoms with van der Waals surface area (Å²) >= 11 is 0. The van der Waals surface area contributed by atoms with Gasteiger partial charge in [-0.05, 0) is 85.1 Å². The van der Waals surface area contributed by atoms with Gasteiger partial charge in [-0.25, -0.2) is 0 Å². The molecule has 42 nitrogen and oxygen atoms in total. The minimum absolute atomic E-state index is 0.0164. The lowest BCUT2D eigenvalue weighted by Gasteiger charge is -2.46. The first-order valence-corrected chi connectivity index (χ1v) is 38.0. The van der Waals surface area contributed by atoms with Crippen LogP contribution < -0.4 is 32.3 Å². The van der Waals surface area contributed by atoms with Gasteiger partial charge in [-0.3, -0.25) is 43.3 Å². The van der Waals surface area contributed by atoms with Crippen LogP contribution in [0, 0.1) is 11.8 Å². The Morgan fingerprint density at radius 1 is 0.450 bits per heavy atom. The van der Waals surface area contributed by atoms with Gasteiger partial charge in [0.05, 0.1) is 83.4 Å². The Kier molecular flexibility index (Phi) is 41.0. The Morgan fingerprint density at radius 3 is 1.44 bits per heavy atom. The van der Waals surface area contributed by atoms with E-state index in [1.54, 1.807) is 0 Å². The molecule has 42 heteroatoms. The predicted octanol–water partition coefficient (Wildman–Crippen LogP) is -11.0. The summed E-state index contributed by atoms with van der Waals surface area (Å²) < 4.78 is 55.9. The third kappa shape index (κ3) is 29.0. The van der Waals surface area contributed by atoms with Gasteiger partial charge >= 0.3 is 0 Å². The number of ketones is 2. The number of likely N-dealkylation sites (tertiary alicyclic amines) is 1. The molecule has 6 amide bonds. The van der Waals surface area contributed by atoms with Crippen LogP contribution in [0.4, 0.5) is 0 Å². The van der Waals surface area contributed by atoms with E-state index in [-0.39, 0.29) is 108 Å². The molecule has 6 heterocycles. The van der Waals surface area contributed by atoms with Crippen LogP contribution in [0.5, 0.6) is 0 Å². The molecule has 0 aromatic carbocycles. The van der Waals surface area contributed by atoms with E-state index in [0.717, 1.165) is 0 Å². The van der Waals surface area contributed by atoms with Crippen molar-refractivity contribution in [2.45, 2.75) is 270 Å². The van der Waals surface area contributed by atoms with Crippen molar-refractivity contribution in [3.05, 3.63) is 0 Å². The zero-order chi connectivity index (χ0) is 81.8. The van der Waals surface area contributed by atoms with Crippen LogP contribution in [-0.4, -0.2) is 403 Å². The van der Waals surface area contributed by atoms with Gasteiger partial charge in [-0.2, -0.15) is 0 Å². The molecule has 0 saturated carbocycles. The molecule has 0 radical (unpaired) electrons. The molecule has 2 unspecified atom stereocenters. The van der Waals surface area contributed by atoms with E-state index in [0.29, 0.717) is 64.3 Å². The number of amides is 6. The molecule has 0 bridgehead atoms. The van der Waals surface area contributed by atoms with Crippen LogP contribution in [0.2, 0.25) is 0 Å². The molecule has 0 aliphatic carbocycles. The summed E-state index contributed by atoms with van der Waals surface area (Å²) in [5, 5.41) is 180. The zero-order valence-electron chi connectivity index (χ0n) is 62.9. The number of piperidine rings is 1. The van der Waals surface area contributed by atoms with Crippen LogP contribution in [0.3, 0.4) is 0 Å². The summed E-state index contributed by atoms with van der Waals surface area (Å²) in [5.41, 5.74) is 5.57. The standard InChI is InChI=1S/C69H120N8O34/c1-34(80)39(13-8-9-17-70)75-44(82)15-6-4-10-18-71-45(83)28-76(30-47(85)73-20-23-104-68-62(100)63(111-69-61(99)57(95)52(90)42(32-79)109-69)53(91)43(110-68)33-105-67-60(98)56(94)51(89)41(31-78)108-67)29-46(84)72-19-11-5-7-16-48(86)77-26-37(40(81)14-12-22-102-65-58(96)54(92)49(87)35(2)106-65)25-38(27-77)64(101)74-21-24-103-66-59(97)55(93)50(88)36(3)107-66/h35-39,41-43,49-63,65-69,78-79,87-100H,4-33,70H2,1-3H3,(H,71,83)(H,72,84)(H,73,85)(H,74,101)(H,75,82)/t35-,36-,37?,38?,39-,41+,42+,43+,49+,50+,51+,52+,53+,54+,55+,56-,57-,58-,59-,60-,61-,62-,63-,65+,66+,67-,68-,69+/m0/s1. The average Bonchev–Trinajstić information content (AvgIpc) is 0.787. The fourth-order valence-electron chi connectivity index (χ4n) is 13.5. The van der Waals surface area contributed by atoms with Crippen LogP contribution in [-0.2, 0) is 85.7 Å². The maximum Gasteiger partial charge on any atom is 0.234 e. The number of carbonyl (C=O) groups excluding carboxylic acids is 8. The number of nitrogens with two attached hydrogens (primary N) is 1. The molecular formula is C69H120N8O34. The molecule has 6 aliphatic rings. The van der Waals surface area contributed by atoms with Crippen LogP contribution in [0.1, 0.15) is 111 Å². The van der Waals surface area contributed by atoms with Gasteiger partial charge in [0.1, 0.15) is 116 Å². The lowest BCUT2D eigenvalue weighted by Crippen LogP contribution is -2.65. The van der Waals surface area contributed by atoms with E-state index in [2.05, 4.69) is 26.6 Å². The Labute approximate surface area is 641 Å². The van der Waals surface area contributed by atoms with E-state index >= 15 is 0 Å². The Morgan fingerprint density at radius 2 is 0.910 bits per heavy atom. The van der Waals surface area contributed by atoms with Crippen LogP contribution in [0.15, 0.2) is 0 Å². The van der Waals surface area contributed by atoms with E-state index in [1.807, 2.05) is 0 Å². The van der Waals surface area contributed by atoms with Crippen LogP contribution in [0.25, 0.3) is 0 Å². The highest BCUT2D eigenvalue weighted by atomic mass is 16.8. The number of carbonyl (C=O) groups is 8. The minimum Gasteiger partial charge on any atom is -0.394 e. The smallest absolute Gasteiger partial charge is 0.234 e. The quantitative estimate of drug-likeness (QED) is 0.0252. The molecule has 6 aliphatic heterocycles. The number of aliphatic hydroxyl groups excluding tert-OH is 16. The van der Waals surface area contributed by atoms with Gasteiger partial charge in [-0.1, -0.05) is 12.8 Å². The van der Waals surface area contributed by atoms with Crippen molar-refractivity contribution in [2.24, 2.45) is 17.6 Å². The number of aliphatic hydroxyl groups is 16. The SMILES string of the molecule is CC(=O)[C@H](CCCCN)NC(=O)CCCCCNC(=O)CN(CC(=O)NCCCCCC(=O)N1CC(C(=O)CCCO[C@@H]2O[C@@H](C)[C@@H](O)[C@@H](O)[C@@H]2O)CC(C(=O)NCCO[C@@H]2O[C@@H](C)[C@@H](O)[C@@H](O)[C@@H]2O)C1)CC(=O)NCCO[C@H]1O[C@H](CO[C@H]2O[C@H](CO)[C@@H](O)[C@H](O)[C@@H]2O)[C@@H](O)[C@H](O[C@H]2O[C@H](CO)[C@@H](O)[C@H](O)[C@@H]2O)[C@@H]1O. The predicted molar refractivity (Wildman–Crippen MR) is 375 cm³/mol. The van der Waals surface area contributed by atoms with Crippen molar-refractivity contribution in [1.82, 2.24) is 36.4 Å². The fraction of sp³-hybridized carbons (Fsp3) is 0.884. The molecule has 23 N–H and O–H groups in total. The first-order chi connectivity index (χ1) is 52.8. The van der Waals surface area contributed by atoms with Crippen molar-refractivity contribution in [1.29, 1.82) is 0 Å². The van der Waals surface area contributed by atoms with E-state index in [4.69, 9.17) is 53.1 Å². The third-order valence-corrected chi connectivity index (χ3v) is 20.2. The number of nitrogens with one attached hydrogen (secondary N) is 5. The summed E-state index contributed by atoms with van der Waals surface area (Å²) in [6, 6.07) is -0.629. The first kappa shape index (κ1) is 94.9. The number of Topliss-reactive ketones (excluding diaryl/α,β-unsaturated/α-hetero) is 2. The van der Waals surface area contributed by atoms with Gasteiger partial charge in [0.2, 0.25) is 35.4 Å². The summed E-state index contributed by atoms with van der Waals surface area (Å²) in [6.07, 6.45) is -35.8. The lowest BCUT2D eigenvalue weighted by molar-refractivity contribution is -0.366. The maximum atomic E-state index is 13.9. The van der Waals surface area contributed by atoms with Gasteiger partial charge < -0.3 is 166 Å². The minimum atomic E-state index is -2.02. The number of unbranched alkanes of at least 4 members (excludes halogenated alkanes) is 5. The second-order valence-electron chi connectivity index (χ2n) is 28.9. The Bertz CT molecular complexity index is 2790. The molecular weight excluding hydrogens is 1480 g/mol. The molecule has 0 aromatic rings. The Hall–Kier alpha value is -4.96. The fourth-order valence-corrected chi connectivity index (χ4v) is 13.5. The second-order valence-corrected chi connectivity index (χ2v) is 28.9. The number of ether oxygens (including phenoxy) is 10. The summed E-state index contributed by atoms with van der Waals surface area (Å²) in [4.78, 5) is 110. The number of nitrogens with zero attached hydrogens (tertiary/aromatic N) is 2. The number of rotatable bonds is 46. The molecule has 6 saturated heterocycles. The van der Waals surface area contributed by atoms with Gasteiger partial charge in [0, 0.05) is 64.4 Å². The van der Waals surface area contributed by atoms with Gasteiger partial charge in [0.25, 0.3) is 0 Å². The number of hydrogen-bond acceptors (Lipinski definition) is 36. The average molecular weight is 1610 g/mol. The third-order valence-electron chi connectivity index (χ3n) is 20.2. The summed E-state index contributed by atoms with van der Waals surface area (Å²) in [7, 11) is 0. The van der Waals surface area contributed by atoms with Crippen molar-refractivity contribution in [3.8, 4) is 0 Å². The number of hydrogen-bond donors (Lipinski definition) is 22. The van der Waals surface area contributed by atoms with E-state index < -0.39 is 241 Å². The van der Waals surface area contributed by atoms with Crippen molar-refractivity contribution < 1.29 is 167 Å². The topological polar surface area (TPSA) is 645 Å². The molecule has 640 valence electrons. The van der Waals surface area contributed by atoms with Crippen LogP contribution >= 0.6 is 0 Å². The molecule has 28 atom stereocenters. The molecule has 6 fully saturated rings.